The predicted octanol–water partition coefficient (Wildman–Crippen LogP) is 1.58. The van der Waals surface area contributed by atoms with Gasteiger partial charge in [0.2, 0.25) is 0 Å². The number of ether oxygens (including phenoxy) is 2. The molecule has 18 heavy (non-hydrogen) atoms. The summed E-state index contributed by atoms with van der Waals surface area (Å²) < 4.78 is 10.7. The van der Waals surface area contributed by atoms with Gasteiger partial charge >= 0.3 is 0 Å². The molecule has 1 fully saturated rings. The van der Waals surface area contributed by atoms with Gasteiger partial charge in [0.1, 0.15) is 12.7 Å². The molecule has 0 bridgehead atoms. The van der Waals surface area contributed by atoms with E-state index >= 15 is 0 Å². The Morgan fingerprint density at radius 3 is 2.67 bits per heavy atom. The van der Waals surface area contributed by atoms with Crippen LogP contribution in [0.5, 0.6) is 11.5 Å². The largest absolute Gasteiger partial charge is 0.493 e. The summed E-state index contributed by atoms with van der Waals surface area (Å²) in [4.78, 5) is 0. The van der Waals surface area contributed by atoms with E-state index < -0.39 is 6.10 Å². The van der Waals surface area contributed by atoms with Crippen molar-refractivity contribution in [3.8, 4) is 11.5 Å². The van der Waals surface area contributed by atoms with Crippen molar-refractivity contribution in [2.75, 3.05) is 20.3 Å². The van der Waals surface area contributed by atoms with Gasteiger partial charge in [-0.3, -0.25) is 0 Å². The third-order valence-electron chi connectivity index (χ3n) is 3.25. The molecule has 100 valence electrons. The number of methoxy groups -OCH3 is 1. The van der Waals surface area contributed by atoms with Crippen LogP contribution in [0, 0.1) is 0 Å². The number of aliphatic hydroxyl groups is 1. The number of hydrogen-bond acceptors (Lipinski definition) is 4. The van der Waals surface area contributed by atoms with E-state index in [0.717, 1.165) is 0 Å². The van der Waals surface area contributed by atoms with Crippen molar-refractivity contribution in [1.29, 1.82) is 0 Å². The van der Waals surface area contributed by atoms with E-state index in [1.54, 1.807) is 7.11 Å². The molecule has 1 aromatic carbocycles. The topological polar surface area (TPSA) is 50.7 Å². The molecule has 1 unspecified atom stereocenters. The maximum atomic E-state index is 9.81. The Bertz CT molecular complexity index is 366. The fourth-order valence-corrected chi connectivity index (χ4v) is 1.90. The second-order valence-corrected chi connectivity index (χ2v) is 4.65. The number of nitrogens with one attached hydrogen (secondary N) is 1. The Kier molecular flexibility index (Phi) is 4.84. The van der Waals surface area contributed by atoms with Crippen molar-refractivity contribution in [1.82, 2.24) is 5.32 Å². The SMILES string of the molecule is COc1ccccc1OCC(O)CNC1CCC1. The Hall–Kier alpha value is -1.26. The lowest BCUT2D eigenvalue weighted by atomic mass is 9.93. The summed E-state index contributed by atoms with van der Waals surface area (Å²) in [5.74, 6) is 1.36. The van der Waals surface area contributed by atoms with Crippen molar-refractivity contribution >= 4 is 0 Å². The number of rotatable bonds is 7. The van der Waals surface area contributed by atoms with Crippen LogP contribution in [0.3, 0.4) is 0 Å². The van der Waals surface area contributed by atoms with Crippen LogP contribution in [0.2, 0.25) is 0 Å². The first-order valence-electron chi connectivity index (χ1n) is 6.47. The fourth-order valence-electron chi connectivity index (χ4n) is 1.90. The normalized spacial score (nSPS) is 17.0. The van der Waals surface area contributed by atoms with Crippen LogP contribution in [0.4, 0.5) is 0 Å². The summed E-state index contributed by atoms with van der Waals surface area (Å²) in [5.41, 5.74) is 0. The molecule has 1 aromatic rings. The molecular formula is C14H21NO3. The third kappa shape index (κ3) is 3.62. The number of aliphatic hydroxyl groups excluding tert-OH is 1. The first-order chi connectivity index (χ1) is 8.79. The fraction of sp³-hybridized carbons (Fsp3) is 0.571. The van der Waals surface area contributed by atoms with Gasteiger partial charge in [0.15, 0.2) is 11.5 Å². The molecule has 4 nitrogen and oxygen atoms in total. The zero-order valence-electron chi connectivity index (χ0n) is 10.8. The molecule has 0 heterocycles. The highest BCUT2D eigenvalue weighted by atomic mass is 16.5. The van der Waals surface area contributed by atoms with Crippen LogP contribution >= 0.6 is 0 Å². The Morgan fingerprint density at radius 1 is 1.33 bits per heavy atom. The Labute approximate surface area is 108 Å². The second-order valence-electron chi connectivity index (χ2n) is 4.65. The van der Waals surface area contributed by atoms with Gasteiger partial charge in [0.05, 0.1) is 7.11 Å². The summed E-state index contributed by atoms with van der Waals surface area (Å²) >= 11 is 0. The molecule has 1 aliphatic rings. The van der Waals surface area contributed by atoms with Crippen molar-refractivity contribution in [3.63, 3.8) is 0 Å². The van der Waals surface area contributed by atoms with Gasteiger partial charge in [-0.1, -0.05) is 18.6 Å². The van der Waals surface area contributed by atoms with Crippen LogP contribution in [-0.2, 0) is 0 Å². The maximum absolute atomic E-state index is 9.81. The zero-order valence-corrected chi connectivity index (χ0v) is 10.8. The molecule has 0 amide bonds. The lowest BCUT2D eigenvalue weighted by molar-refractivity contribution is 0.0981. The molecule has 2 rings (SSSR count). The molecule has 1 aliphatic carbocycles. The number of hydrogen-bond donors (Lipinski definition) is 2. The number of benzene rings is 1. The molecule has 0 spiro atoms. The van der Waals surface area contributed by atoms with Crippen molar-refractivity contribution in [2.24, 2.45) is 0 Å². The minimum atomic E-state index is -0.490. The highest BCUT2D eigenvalue weighted by Gasteiger charge is 2.18. The van der Waals surface area contributed by atoms with Gasteiger partial charge < -0.3 is 19.9 Å². The minimum Gasteiger partial charge on any atom is -0.493 e. The van der Waals surface area contributed by atoms with E-state index in [0.29, 0.717) is 24.1 Å². The van der Waals surface area contributed by atoms with Gasteiger partial charge in [0, 0.05) is 12.6 Å². The maximum Gasteiger partial charge on any atom is 0.161 e. The van der Waals surface area contributed by atoms with Crippen LogP contribution in [0.1, 0.15) is 19.3 Å². The molecule has 2 N–H and O–H groups in total. The minimum absolute atomic E-state index is 0.278. The molecule has 0 aliphatic heterocycles. The highest BCUT2D eigenvalue weighted by Crippen LogP contribution is 2.25. The van der Waals surface area contributed by atoms with Crippen LogP contribution < -0.4 is 14.8 Å². The third-order valence-corrected chi connectivity index (χ3v) is 3.25. The summed E-state index contributed by atoms with van der Waals surface area (Å²) in [7, 11) is 1.61. The molecule has 4 heteroatoms. The number of para-hydroxylation sites is 2. The average molecular weight is 251 g/mol. The zero-order chi connectivity index (χ0) is 12.8. The average Bonchev–Trinajstić information content (AvgIpc) is 2.35. The van der Waals surface area contributed by atoms with Crippen molar-refractivity contribution in [3.05, 3.63) is 24.3 Å². The molecular weight excluding hydrogens is 230 g/mol. The van der Waals surface area contributed by atoms with E-state index in [4.69, 9.17) is 9.47 Å². The van der Waals surface area contributed by atoms with E-state index in [9.17, 15) is 5.11 Å². The van der Waals surface area contributed by atoms with Gasteiger partial charge in [-0.05, 0) is 25.0 Å². The van der Waals surface area contributed by atoms with Crippen LogP contribution in [0.15, 0.2) is 24.3 Å². The lowest BCUT2D eigenvalue weighted by Gasteiger charge is -2.27. The molecule has 0 radical (unpaired) electrons. The van der Waals surface area contributed by atoms with Crippen LogP contribution in [-0.4, -0.2) is 37.5 Å². The smallest absolute Gasteiger partial charge is 0.161 e. The van der Waals surface area contributed by atoms with Crippen LogP contribution in [0.25, 0.3) is 0 Å². The summed E-state index contributed by atoms with van der Waals surface area (Å²) in [6, 6.07) is 8.04. The first kappa shape index (κ1) is 13.2. The summed E-state index contributed by atoms with van der Waals surface area (Å²) in [6.07, 6.45) is 3.25. The quantitative estimate of drug-likeness (QED) is 0.772. The first-order valence-corrected chi connectivity index (χ1v) is 6.47. The summed E-state index contributed by atoms with van der Waals surface area (Å²) in [5, 5.41) is 13.1. The van der Waals surface area contributed by atoms with Crippen molar-refractivity contribution < 1.29 is 14.6 Å². The van der Waals surface area contributed by atoms with Gasteiger partial charge in [-0.25, -0.2) is 0 Å². The molecule has 1 saturated carbocycles. The van der Waals surface area contributed by atoms with Gasteiger partial charge in [-0.2, -0.15) is 0 Å². The Morgan fingerprint density at radius 2 is 2.06 bits per heavy atom. The molecule has 0 aromatic heterocycles. The van der Waals surface area contributed by atoms with E-state index in [1.165, 1.54) is 19.3 Å². The van der Waals surface area contributed by atoms with E-state index in [1.807, 2.05) is 24.3 Å². The molecule has 0 saturated heterocycles. The standard InChI is InChI=1S/C14H21NO3/c1-17-13-7-2-3-8-14(13)18-10-12(16)9-15-11-5-4-6-11/h2-3,7-8,11-12,15-16H,4-6,9-10H2,1H3. The lowest BCUT2D eigenvalue weighted by Crippen LogP contribution is -2.41. The molecule has 1 atom stereocenters. The highest BCUT2D eigenvalue weighted by molar-refractivity contribution is 5.39. The monoisotopic (exact) mass is 251 g/mol. The predicted molar refractivity (Wildman–Crippen MR) is 70.1 cm³/mol. The van der Waals surface area contributed by atoms with Gasteiger partial charge in [0.25, 0.3) is 0 Å². The summed E-state index contributed by atoms with van der Waals surface area (Å²) in [6.45, 7) is 0.861. The van der Waals surface area contributed by atoms with Gasteiger partial charge in [-0.15, -0.1) is 0 Å². The van der Waals surface area contributed by atoms with E-state index in [2.05, 4.69) is 5.32 Å². The van der Waals surface area contributed by atoms with E-state index in [-0.39, 0.29) is 6.61 Å². The second kappa shape index (κ2) is 6.61. The van der Waals surface area contributed by atoms with Crippen molar-refractivity contribution in [2.45, 2.75) is 31.4 Å². The Balaban J connectivity index is 1.72.